The van der Waals surface area contributed by atoms with Gasteiger partial charge in [0, 0.05) is 4.47 Å². The number of benzene rings is 2. The summed E-state index contributed by atoms with van der Waals surface area (Å²) in [5, 5.41) is 5.68. The number of nitrogens with zero attached hydrogens (tertiary/aromatic N) is 1. The Morgan fingerprint density at radius 1 is 1.19 bits per heavy atom. The first-order valence-corrected chi connectivity index (χ1v) is 10.8. The van der Waals surface area contributed by atoms with Crippen molar-refractivity contribution in [1.82, 2.24) is 15.5 Å². The summed E-state index contributed by atoms with van der Waals surface area (Å²) in [5.74, 6) is -0.0380. The molecule has 0 aliphatic carbocycles. The molecule has 1 aliphatic rings. The normalized spacial score (nSPS) is 19.4. The molecule has 2 unspecified atom stereocenters. The average molecular weight is 488 g/mol. The summed E-state index contributed by atoms with van der Waals surface area (Å²) < 4.78 is 5.98. The highest BCUT2D eigenvalue weighted by atomic mass is 79.9. The number of urea groups is 1. The van der Waals surface area contributed by atoms with Crippen LogP contribution in [-0.2, 0) is 15.1 Å². The van der Waals surface area contributed by atoms with Gasteiger partial charge in [-0.1, -0.05) is 54.0 Å². The van der Waals surface area contributed by atoms with E-state index in [4.69, 9.17) is 4.74 Å². The van der Waals surface area contributed by atoms with Crippen LogP contribution in [0.2, 0.25) is 0 Å². The molecule has 0 bridgehead atoms. The highest BCUT2D eigenvalue weighted by Crippen LogP contribution is 2.30. The Kier molecular flexibility index (Phi) is 6.69. The van der Waals surface area contributed by atoms with E-state index in [9.17, 15) is 14.4 Å². The van der Waals surface area contributed by atoms with Crippen molar-refractivity contribution in [3.8, 4) is 5.75 Å². The summed E-state index contributed by atoms with van der Waals surface area (Å²) in [7, 11) is 1.59. The molecule has 0 saturated carbocycles. The van der Waals surface area contributed by atoms with Crippen molar-refractivity contribution < 1.29 is 19.1 Å². The number of hydrogen-bond acceptors (Lipinski definition) is 4. The number of carbonyl (C=O) groups excluding carboxylic acids is 3. The number of ether oxygens (including phenoxy) is 1. The molecular weight excluding hydrogens is 462 g/mol. The second-order valence-corrected chi connectivity index (χ2v) is 8.93. The topological polar surface area (TPSA) is 87.7 Å². The monoisotopic (exact) mass is 487 g/mol. The fourth-order valence-corrected chi connectivity index (χ4v) is 4.04. The second-order valence-electron chi connectivity index (χ2n) is 8.02. The van der Waals surface area contributed by atoms with E-state index in [2.05, 4.69) is 26.6 Å². The van der Waals surface area contributed by atoms with Gasteiger partial charge in [0.15, 0.2) is 0 Å². The van der Waals surface area contributed by atoms with Crippen LogP contribution >= 0.6 is 15.9 Å². The molecule has 164 valence electrons. The van der Waals surface area contributed by atoms with Crippen LogP contribution in [0.1, 0.15) is 37.9 Å². The maximum Gasteiger partial charge on any atom is 0.325 e. The smallest absolute Gasteiger partial charge is 0.325 e. The molecule has 0 radical (unpaired) electrons. The number of methoxy groups -OCH3 is 1. The van der Waals surface area contributed by atoms with Gasteiger partial charge in [-0.2, -0.15) is 0 Å². The Bertz CT molecular complexity index is 993. The van der Waals surface area contributed by atoms with E-state index in [1.54, 1.807) is 32.2 Å². The predicted molar refractivity (Wildman–Crippen MR) is 120 cm³/mol. The number of rotatable bonds is 7. The highest BCUT2D eigenvalue weighted by molar-refractivity contribution is 9.10. The molecule has 4 amide bonds. The molecule has 2 aromatic carbocycles. The van der Waals surface area contributed by atoms with E-state index in [-0.39, 0.29) is 18.5 Å². The average Bonchev–Trinajstić information content (AvgIpc) is 2.96. The van der Waals surface area contributed by atoms with Crippen LogP contribution in [0.15, 0.2) is 53.0 Å². The van der Waals surface area contributed by atoms with Gasteiger partial charge in [-0.25, -0.2) is 4.79 Å². The molecule has 2 aromatic rings. The van der Waals surface area contributed by atoms with Crippen molar-refractivity contribution in [2.75, 3.05) is 13.7 Å². The fourth-order valence-electron chi connectivity index (χ4n) is 3.64. The molecule has 2 atom stereocenters. The molecule has 3 rings (SSSR count). The lowest BCUT2D eigenvalue weighted by molar-refractivity contribution is -0.135. The minimum atomic E-state index is -1.23. The number of carbonyl (C=O) groups is 3. The lowest BCUT2D eigenvalue weighted by Crippen LogP contribution is -2.44. The van der Waals surface area contributed by atoms with E-state index in [0.29, 0.717) is 5.56 Å². The van der Waals surface area contributed by atoms with Crippen LogP contribution in [0, 0.1) is 5.92 Å². The number of hydrogen-bond donors (Lipinski definition) is 2. The van der Waals surface area contributed by atoms with E-state index in [1.807, 2.05) is 44.2 Å². The molecule has 1 aliphatic heterocycles. The first-order chi connectivity index (χ1) is 14.7. The SMILES string of the molecule is COc1ccc(C(NC(=O)CN2C(=O)NC(C)(c3cccc(Br)c3)C2=O)C(C)C)cc1. The Hall–Kier alpha value is -2.87. The van der Waals surface area contributed by atoms with E-state index in [0.717, 1.165) is 20.7 Å². The van der Waals surface area contributed by atoms with Gasteiger partial charge in [0.2, 0.25) is 5.91 Å². The number of amides is 4. The molecule has 0 aromatic heterocycles. The quantitative estimate of drug-likeness (QED) is 0.582. The molecule has 31 heavy (non-hydrogen) atoms. The van der Waals surface area contributed by atoms with Crippen molar-refractivity contribution in [2.24, 2.45) is 5.92 Å². The summed E-state index contributed by atoms with van der Waals surface area (Å²) in [6.07, 6.45) is 0. The van der Waals surface area contributed by atoms with Crippen LogP contribution in [0.5, 0.6) is 5.75 Å². The third-order valence-electron chi connectivity index (χ3n) is 5.44. The molecule has 1 heterocycles. The number of imide groups is 1. The van der Waals surface area contributed by atoms with Crippen LogP contribution in [0.3, 0.4) is 0 Å². The first-order valence-electron chi connectivity index (χ1n) is 9.99. The predicted octanol–water partition coefficient (Wildman–Crippen LogP) is 3.74. The van der Waals surface area contributed by atoms with Gasteiger partial charge in [-0.3, -0.25) is 14.5 Å². The van der Waals surface area contributed by atoms with Crippen LogP contribution in [-0.4, -0.2) is 36.4 Å². The summed E-state index contributed by atoms with van der Waals surface area (Å²) in [6.45, 7) is 5.27. The maximum absolute atomic E-state index is 13.1. The minimum absolute atomic E-state index is 0.104. The lowest BCUT2D eigenvalue weighted by atomic mass is 9.92. The Morgan fingerprint density at radius 2 is 1.87 bits per heavy atom. The fraction of sp³-hybridized carbons (Fsp3) is 0.348. The van der Waals surface area contributed by atoms with E-state index in [1.165, 1.54) is 0 Å². The summed E-state index contributed by atoms with van der Waals surface area (Å²) in [6, 6.07) is 13.8. The third-order valence-corrected chi connectivity index (χ3v) is 5.93. The summed E-state index contributed by atoms with van der Waals surface area (Å²) in [5.41, 5.74) is 0.330. The summed E-state index contributed by atoms with van der Waals surface area (Å²) >= 11 is 3.39. The standard InChI is InChI=1S/C23H26BrN3O4/c1-14(2)20(15-8-10-18(31-4)11-9-15)25-19(28)13-27-21(29)23(3,26-22(27)30)16-6-5-7-17(24)12-16/h5-12,14,20H,13H2,1-4H3,(H,25,28)(H,26,30). The van der Waals surface area contributed by atoms with E-state index < -0.39 is 23.4 Å². The maximum atomic E-state index is 13.1. The van der Waals surface area contributed by atoms with Crippen molar-refractivity contribution in [2.45, 2.75) is 32.4 Å². The van der Waals surface area contributed by atoms with Gasteiger partial charge in [0.05, 0.1) is 13.2 Å². The van der Waals surface area contributed by atoms with Crippen LogP contribution in [0.4, 0.5) is 4.79 Å². The Balaban J connectivity index is 1.74. The largest absolute Gasteiger partial charge is 0.497 e. The van der Waals surface area contributed by atoms with Gasteiger partial charge < -0.3 is 15.4 Å². The number of nitrogens with one attached hydrogen (secondary N) is 2. The first kappa shape index (κ1) is 22.8. The zero-order valence-electron chi connectivity index (χ0n) is 17.9. The Morgan fingerprint density at radius 3 is 2.45 bits per heavy atom. The van der Waals surface area contributed by atoms with Gasteiger partial charge in [0.1, 0.15) is 17.8 Å². The zero-order valence-corrected chi connectivity index (χ0v) is 19.5. The van der Waals surface area contributed by atoms with Gasteiger partial charge in [-0.15, -0.1) is 0 Å². The highest BCUT2D eigenvalue weighted by Gasteiger charge is 2.49. The van der Waals surface area contributed by atoms with Crippen LogP contribution in [0.25, 0.3) is 0 Å². The molecule has 8 heteroatoms. The van der Waals surface area contributed by atoms with Gasteiger partial charge in [-0.05, 0) is 48.2 Å². The third kappa shape index (κ3) is 4.74. The van der Waals surface area contributed by atoms with Gasteiger partial charge >= 0.3 is 6.03 Å². The van der Waals surface area contributed by atoms with E-state index >= 15 is 0 Å². The zero-order chi connectivity index (χ0) is 22.8. The molecule has 0 spiro atoms. The molecule has 1 fully saturated rings. The van der Waals surface area contributed by atoms with Crippen molar-refractivity contribution in [3.63, 3.8) is 0 Å². The minimum Gasteiger partial charge on any atom is -0.497 e. The molecule has 1 saturated heterocycles. The molecule has 2 N–H and O–H groups in total. The Labute approximate surface area is 190 Å². The van der Waals surface area contributed by atoms with Crippen LogP contribution < -0.4 is 15.4 Å². The van der Waals surface area contributed by atoms with Crippen molar-refractivity contribution >= 4 is 33.8 Å². The summed E-state index contributed by atoms with van der Waals surface area (Å²) in [4.78, 5) is 39.4. The van der Waals surface area contributed by atoms with Gasteiger partial charge in [0.25, 0.3) is 5.91 Å². The van der Waals surface area contributed by atoms with Crippen molar-refractivity contribution in [3.05, 3.63) is 64.1 Å². The molecular formula is C23H26BrN3O4. The lowest BCUT2D eigenvalue weighted by Gasteiger charge is -2.25. The molecule has 7 nitrogen and oxygen atoms in total. The number of halogens is 1. The van der Waals surface area contributed by atoms with Crippen molar-refractivity contribution in [1.29, 1.82) is 0 Å². The second kappa shape index (κ2) is 9.09.